The summed E-state index contributed by atoms with van der Waals surface area (Å²) in [5.74, 6) is -1.23. The van der Waals surface area contributed by atoms with Crippen LogP contribution < -0.4 is 21.3 Å². The first-order valence-electron chi connectivity index (χ1n) is 28.2. The van der Waals surface area contributed by atoms with Gasteiger partial charge < -0.3 is 44.6 Å². The molecule has 8 heterocycles. The number of furan rings is 2. The number of aryl methyl sites for hydroxylation is 2. The van der Waals surface area contributed by atoms with Gasteiger partial charge in [-0.1, -0.05) is 81.7 Å². The van der Waals surface area contributed by atoms with E-state index in [4.69, 9.17) is 111 Å². The fraction of sp³-hybridized carbons (Fsp3) is 0.500. The molecule has 28 heteroatoms. The lowest BCUT2D eigenvalue weighted by molar-refractivity contribution is 0.000602. The molecule has 6 atom stereocenters. The second-order valence-electron chi connectivity index (χ2n) is 22.7. The highest BCUT2D eigenvalue weighted by Crippen LogP contribution is 2.40. The minimum Gasteiger partial charge on any atom is -0.444 e. The summed E-state index contributed by atoms with van der Waals surface area (Å²) in [6, 6.07) is 12.9. The van der Waals surface area contributed by atoms with E-state index in [0.29, 0.717) is 71.7 Å². The number of hydrogen-bond donors (Lipinski definition) is 4. The Morgan fingerprint density at radius 1 is 0.686 bits per heavy atom. The van der Waals surface area contributed by atoms with Gasteiger partial charge in [-0.2, -0.15) is 18.6 Å². The Labute approximate surface area is 541 Å². The lowest BCUT2D eigenvalue weighted by Crippen LogP contribution is -2.58. The molecule has 4 aromatic heterocycles. The number of nitrogens with zero attached hydrogens (tertiary/aromatic N) is 6. The SMILES string of the molecule is C1CCNC1.Cn1ncc(Cl)c1-c1cc(C(=O)N[C@@H]2CN(C(=O)OC(C)(C)C)C(CCOS(C)(=O)=O)C[C@H]2c2ccc(Cl)c(Cl)c2)oc1Cl.Cn1ncc(Cl)c1-c1cc(C(=O)N[C@@H]2CNC(CCN3CCCC3)C[C@H]2c2ccc(Cl)c(Cl)c2)oc1Cl. The normalized spacial score (nSPS) is 20.9. The van der Waals surface area contributed by atoms with Gasteiger partial charge in [0, 0.05) is 69.3 Å². The number of aromatic nitrogens is 4. The van der Waals surface area contributed by atoms with Crippen molar-refractivity contribution in [3.05, 3.63) is 124 Å². The zero-order valence-corrected chi connectivity index (χ0v) is 55.2. The number of amides is 3. The molecule has 0 saturated carbocycles. The van der Waals surface area contributed by atoms with Crippen LogP contribution in [0.1, 0.15) is 116 Å². The molecule has 86 heavy (non-hydrogen) atoms. The Kier molecular flexibility index (Phi) is 23.6. The van der Waals surface area contributed by atoms with E-state index >= 15 is 0 Å². The summed E-state index contributed by atoms with van der Waals surface area (Å²) < 4.78 is 48.3. The Morgan fingerprint density at radius 3 is 1.65 bits per heavy atom. The molecule has 0 radical (unpaired) electrons. The van der Waals surface area contributed by atoms with Crippen LogP contribution in [-0.2, 0) is 33.1 Å². The zero-order chi connectivity index (χ0) is 62.2. The molecule has 4 N–H and O–H groups in total. The van der Waals surface area contributed by atoms with Gasteiger partial charge in [-0.3, -0.25) is 23.1 Å². The van der Waals surface area contributed by atoms with Crippen LogP contribution in [0.15, 0.2) is 69.8 Å². The molecule has 2 unspecified atom stereocenters. The third-order valence-corrected chi connectivity index (χ3v) is 18.5. The van der Waals surface area contributed by atoms with Crippen LogP contribution >= 0.6 is 92.8 Å². The third kappa shape index (κ3) is 18.0. The van der Waals surface area contributed by atoms with Crippen LogP contribution in [0, 0.1) is 0 Å². The maximum atomic E-state index is 13.6. The molecule has 4 aliphatic heterocycles. The minimum atomic E-state index is -3.71. The summed E-state index contributed by atoms with van der Waals surface area (Å²) in [5, 5.41) is 23.7. The summed E-state index contributed by atoms with van der Waals surface area (Å²) >= 11 is 50.4. The standard InChI is InChI=1S/C28H32Cl4N4O7S.C26H29Cl4N5O2.C4H9N/c1-28(2,3)43-27(38)36-14-22(34-26(37)23-12-18(25(32)42-23)24-21(31)13-33-35(24)4)17(15-6-7-19(29)20(30)10-15)11-16(36)8-9-41-44(5,39)40;1-34-24(21(29)13-32-34)18-12-23(37-25(18)30)26(36)33-22-14-31-16(6-9-35-7-2-3-8-35)11-17(22)15-4-5-19(27)20(28)10-15;1-2-4-5-3-1/h6-7,10,12-13,16-17,22H,8-9,11,14H2,1-5H3,(H,34,37);4-5,10,12-13,16-17,22,31H,2-3,6-9,11,14H2,1H3,(H,33,36);5H,1-4H2/t2*16?,17-,22+;/m00./s1. The second kappa shape index (κ2) is 30.0. The van der Waals surface area contributed by atoms with E-state index in [2.05, 4.69) is 36.4 Å². The molecular weight excluding hydrogens is 1300 g/mol. The van der Waals surface area contributed by atoms with Crippen molar-refractivity contribution < 1.29 is 40.6 Å². The predicted octanol–water partition coefficient (Wildman–Crippen LogP) is 12.9. The van der Waals surface area contributed by atoms with Gasteiger partial charge in [0.2, 0.25) is 10.4 Å². The number of carbonyl (C=O) groups is 3. The lowest BCUT2D eigenvalue weighted by atomic mass is 9.81. The van der Waals surface area contributed by atoms with Crippen molar-refractivity contribution in [2.45, 2.75) is 114 Å². The van der Waals surface area contributed by atoms with Crippen LogP contribution in [0.3, 0.4) is 0 Å². The number of ether oxygens (including phenoxy) is 1. The number of halogens is 8. The fourth-order valence-electron chi connectivity index (χ4n) is 11.1. The molecule has 4 saturated heterocycles. The van der Waals surface area contributed by atoms with Crippen LogP contribution in [-0.4, -0.2) is 144 Å². The molecule has 0 aliphatic carbocycles. The number of carbonyl (C=O) groups excluding carboxylic acids is 3. The van der Waals surface area contributed by atoms with Gasteiger partial charge in [0.1, 0.15) is 5.60 Å². The van der Waals surface area contributed by atoms with E-state index in [1.165, 1.54) is 79.9 Å². The number of nitrogens with one attached hydrogen (secondary N) is 4. The van der Waals surface area contributed by atoms with Crippen molar-refractivity contribution in [3.63, 3.8) is 0 Å². The Bertz CT molecular complexity index is 3400. The summed E-state index contributed by atoms with van der Waals surface area (Å²) in [7, 11) is -0.280. The number of piperidine rings is 2. The van der Waals surface area contributed by atoms with Gasteiger partial charge in [-0.15, -0.1) is 0 Å². The van der Waals surface area contributed by atoms with Crippen molar-refractivity contribution >= 4 is 121 Å². The molecule has 19 nitrogen and oxygen atoms in total. The van der Waals surface area contributed by atoms with Crippen molar-refractivity contribution in [3.8, 4) is 22.5 Å². The molecular formula is C58H70Cl8N10O9S. The number of rotatable bonds is 15. The molecule has 10 rings (SSSR count). The van der Waals surface area contributed by atoms with Crippen molar-refractivity contribution in [2.75, 3.05) is 58.7 Å². The van der Waals surface area contributed by atoms with Crippen LogP contribution in [0.25, 0.3) is 22.5 Å². The first-order chi connectivity index (χ1) is 40.7. The van der Waals surface area contributed by atoms with Gasteiger partial charge in [0.15, 0.2) is 11.5 Å². The topological polar surface area (TPSA) is 220 Å². The van der Waals surface area contributed by atoms with Crippen molar-refractivity contribution in [1.29, 1.82) is 0 Å². The smallest absolute Gasteiger partial charge is 0.410 e. The van der Waals surface area contributed by atoms with Gasteiger partial charge >= 0.3 is 6.09 Å². The van der Waals surface area contributed by atoms with Crippen molar-refractivity contribution in [2.24, 2.45) is 14.1 Å². The van der Waals surface area contributed by atoms with Crippen molar-refractivity contribution in [1.82, 2.24) is 50.6 Å². The molecule has 3 amide bonds. The summed E-state index contributed by atoms with van der Waals surface area (Å²) in [4.78, 5) is 44.3. The minimum absolute atomic E-state index is 0.0178. The number of benzene rings is 2. The summed E-state index contributed by atoms with van der Waals surface area (Å²) in [6.45, 7) is 11.6. The quantitative estimate of drug-likeness (QED) is 0.0703. The molecule has 468 valence electrons. The molecule has 6 aromatic rings. The van der Waals surface area contributed by atoms with E-state index in [0.717, 1.165) is 36.8 Å². The third-order valence-electron chi connectivity index (χ3n) is 15.3. The van der Waals surface area contributed by atoms with Gasteiger partial charge in [0.05, 0.1) is 83.9 Å². The van der Waals surface area contributed by atoms with E-state index in [9.17, 15) is 22.8 Å². The Morgan fingerprint density at radius 2 is 1.20 bits per heavy atom. The maximum Gasteiger partial charge on any atom is 0.410 e. The summed E-state index contributed by atoms with van der Waals surface area (Å²) in [5.41, 5.74) is 2.95. The maximum absolute atomic E-state index is 13.6. The molecule has 4 fully saturated rings. The lowest BCUT2D eigenvalue weighted by Gasteiger charge is -2.44. The zero-order valence-electron chi connectivity index (χ0n) is 48.3. The highest BCUT2D eigenvalue weighted by molar-refractivity contribution is 7.86. The van der Waals surface area contributed by atoms with E-state index < -0.39 is 39.8 Å². The van der Waals surface area contributed by atoms with E-state index in [-0.39, 0.29) is 65.3 Å². The van der Waals surface area contributed by atoms with Gasteiger partial charge in [-0.05, 0) is 163 Å². The number of hydrogen-bond acceptors (Lipinski definition) is 14. The molecule has 2 aromatic carbocycles. The predicted molar refractivity (Wildman–Crippen MR) is 338 cm³/mol. The average molecular weight is 1370 g/mol. The second-order valence-corrected chi connectivity index (χ2v) is 27.5. The van der Waals surface area contributed by atoms with Gasteiger partial charge in [0.25, 0.3) is 21.9 Å². The van der Waals surface area contributed by atoms with E-state index in [1.54, 1.807) is 63.8 Å². The average Bonchev–Trinajstić information content (AvgIpc) is 1.89. The number of likely N-dealkylation sites (tertiary alicyclic amines) is 2. The molecule has 4 aliphatic rings. The molecule has 0 spiro atoms. The van der Waals surface area contributed by atoms with Crippen LogP contribution in [0.5, 0.6) is 0 Å². The summed E-state index contributed by atoms with van der Waals surface area (Å²) in [6.07, 6.45) is 11.1. The molecule has 0 bridgehead atoms. The fourth-order valence-corrected chi connectivity index (χ4v) is 13.1. The monoisotopic (exact) mass is 1360 g/mol. The highest BCUT2D eigenvalue weighted by Gasteiger charge is 2.42. The Balaban J connectivity index is 0.000000208. The van der Waals surface area contributed by atoms with Crippen LogP contribution in [0.4, 0.5) is 4.79 Å². The van der Waals surface area contributed by atoms with E-state index in [1.807, 2.05) is 18.2 Å². The first kappa shape index (κ1) is 67.7. The van der Waals surface area contributed by atoms with Gasteiger partial charge in [-0.25, -0.2) is 4.79 Å². The highest BCUT2D eigenvalue weighted by atomic mass is 35.5. The largest absolute Gasteiger partial charge is 0.444 e. The first-order valence-corrected chi connectivity index (χ1v) is 33.0. The Hall–Kier alpha value is -4.26. The van der Waals surface area contributed by atoms with Crippen LogP contribution in [0.2, 0.25) is 40.6 Å².